The molecule has 0 amide bonds. The van der Waals surface area contributed by atoms with Crippen LogP contribution in [-0.4, -0.2) is 10.9 Å². The monoisotopic (exact) mass is 1150 g/mol. The minimum Gasteiger partial charge on any atom is -0.376 e. The number of rotatable bonds is 3. The molecule has 334 valence electrons. The Morgan fingerprint density at radius 2 is 0.638 bits per heavy atom. The van der Waals surface area contributed by atoms with Gasteiger partial charge < -0.3 is 5.11 Å². The lowest BCUT2D eigenvalue weighted by Crippen LogP contribution is -2.28. The van der Waals surface area contributed by atoms with E-state index in [1.165, 1.54) is 33.4 Å². The van der Waals surface area contributed by atoms with Crippen molar-refractivity contribution in [1.29, 1.82) is 0 Å². The Hall–Kier alpha value is -6.25. The Balaban J connectivity index is 0.000000115. The van der Waals surface area contributed by atoms with Crippen molar-refractivity contribution < 1.29 is 9.90 Å². The van der Waals surface area contributed by atoms with Crippen molar-refractivity contribution in [3.8, 4) is 33.4 Å². The first-order valence-electron chi connectivity index (χ1n) is 22.5. The number of ketones is 1. The van der Waals surface area contributed by atoms with Gasteiger partial charge >= 0.3 is 0 Å². The van der Waals surface area contributed by atoms with Crippen molar-refractivity contribution in [2.45, 2.75) is 11.0 Å². The number of hydrogen-bond donors (Lipinski definition) is 1. The van der Waals surface area contributed by atoms with Gasteiger partial charge in [-0.15, -0.1) is 0 Å². The number of benzene rings is 10. The fourth-order valence-electron chi connectivity index (χ4n) is 10.1. The van der Waals surface area contributed by atoms with Gasteiger partial charge in [-0.25, -0.2) is 0 Å². The van der Waals surface area contributed by atoms with Crippen LogP contribution < -0.4 is 0 Å². The van der Waals surface area contributed by atoms with E-state index in [2.05, 4.69) is 179 Å². The first kappa shape index (κ1) is 46.5. The number of aliphatic hydroxyl groups is 1. The summed E-state index contributed by atoms with van der Waals surface area (Å²) >= 11 is 13.9. The van der Waals surface area contributed by atoms with E-state index >= 15 is 0 Å². The average Bonchev–Trinajstić information content (AvgIpc) is 3.95. The van der Waals surface area contributed by atoms with Crippen molar-refractivity contribution in [2.24, 2.45) is 0 Å². The molecule has 3 aliphatic carbocycles. The predicted octanol–water partition coefficient (Wildman–Crippen LogP) is 17.6. The van der Waals surface area contributed by atoms with Gasteiger partial charge in [0.05, 0.1) is 5.41 Å². The molecule has 0 saturated heterocycles. The molecule has 0 bridgehead atoms. The van der Waals surface area contributed by atoms with E-state index in [1.54, 1.807) is 0 Å². The Kier molecular flexibility index (Phi) is 13.5. The molecule has 0 aliphatic heterocycles. The first-order chi connectivity index (χ1) is 33.7. The number of carbonyl (C=O) groups excluding carboxylic acids is 1. The van der Waals surface area contributed by atoms with Crippen LogP contribution in [0.5, 0.6) is 0 Å². The smallest absolute Gasteiger partial charge is 0.194 e. The van der Waals surface area contributed by atoms with Crippen LogP contribution in [-0.2, 0) is 11.0 Å². The van der Waals surface area contributed by atoms with Gasteiger partial charge in [0.1, 0.15) is 5.60 Å². The third-order valence-corrected chi connectivity index (χ3v) is 15.0. The first-order valence-corrected chi connectivity index (χ1v) is 25.7. The second-order valence-corrected chi connectivity index (χ2v) is 20.6. The lowest BCUT2D eigenvalue weighted by Gasteiger charge is -2.33. The summed E-state index contributed by atoms with van der Waals surface area (Å²) in [5.41, 5.74) is 15.2. The zero-order chi connectivity index (χ0) is 47.5. The largest absolute Gasteiger partial charge is 0.376 e. The standard InChI is InChI=1S/C25H17Br.C19H13BrO.C13H7BrO.C6H5Br/c26-20-15-16-22-21-13-7-8-14-23(21)25(24(22)17-20,18-9-3-1-4-10-18)19-11-5-2-6-12-19;20-14-10-11-16-15-8-4-5-9-17(15)19(21,18(16)12-14)13-6-2-1-3-7-13;14-8-5-6-10-9-3-1-2-4-11(9)13(15)12(10)7-8;7-6-4-2-1-3-5-6/h1-17H;1-12,21H;1-7H;1-5H. The van der Waals surface area contributed by atoms with Crippen molar-refractivity contribution in [2.75, 3.05) is 0 Å². The Bertz CT molecular complexity index is 3430. The van der Waals surface area contributed by atoms with Gasteiger partial charge in [-0.1, -0.05) is 264 Å². The molecule has 69 heavy (non-hydrogen) atoms. The number of hydrogen-bond acceptors (Lipinski definition) is 2. The third kappa shape index (κ3) is 8.64. The van der Waals surface area contributed by atoms with E-state index in [4.69, 9.17) is 0 Å². The van der Waals surface area contributed by atoms with Crippen LogP contribution in [0.2, 0.25) is 0 Å². The quantitative estimate of drug-likeness (QED) is 0.191. The molecule has 6 heteroatoms. The summed E-state index contributed by atoms with van der Waals surface area (Å²) in [5, 5.41) is 11.6. The molecule has 0 spiro atoms. The summed E-state index contributed by atoms with van der Waals surface area (Å²) < 4.78 is 4.17. The van der Waals surface area contributed by atoms with Crippen molar-refractivity contribution >= 4 is 69.5 Å². The molecule has 3 aliphatic rings. The van der Waals surface area contributed by atoms with Crippen LogP contribution in [0.3, 0.4) is 0 Å². The maximum absolute atomic E-state index is 12.0. The molecule has 1 atom stereocenters. The minimum absolute atomic E-state index is 0.127. The van der Waals surface area contributed by atoms with Crippen molar-refractivity contribution in [1.82, 2.24) is 0 Å². The topological polar surface area (TPSA) is 37.3 Å². The van der Waals surface area contributed by atoms with Gasteiger partial charge in [0.2, 0.25) is 0 Å². The lowest BCUT2D eigenvalue weighted by atomic mass is 9.68. The van der Waals surface area contributed by atoms with E-state index in [1.807, 2.05) is 133 Å². The predicted molar refractivity (Wildman–Crippen MR) is 297 cm³/mol. The molecule has 0 fully saturated rings. The van der Waals surface area contributed by atoms with Gasteiger partial charge in [0, 0.05) is 40.1 Å². The second kappa shape index (κ2) is 20.0. The van der Waals surface area contributed by atoms with Crippen LogP contribution in [0, 0.1) is 0 Å². The fourth-order valence-corrected chi connectivity index (χ4v) is 11.4. The highest BCUT2D eigenvalue weighted by molar-refractivity contribution is 9.11. The summed E-state index contributed by atoms with van der Waals surface area (Å²) in [5.74, 6) is 0.127. The van der Waals surface area contributed by atoms with Crippen LogP contribution in [0.15, 0.2) is 267 Å². The second-order valence-electron chi connectivity index (χ2n) is 16.9. The Morgan fingerprint density at radius 3 is 1.17 bits per heavy atom. The molecule has 0 heterocycles. The normalized spacial score (nSPS) is 14.7. The van der Waals surface area contributed by atoms with E-state index in [9.17, 15) is 9.90 Å². The maximum Gasteiger partial charge on any atom is 0.194 e. The number of carbonyl (C=O) groups is 1. The molecular weight excluding hydrogens is 1110 g/mol. The molecule has 0 radical (unpaired) electrons. The summed E-state index contributed by atoms with van der Waals surface area (Å²) in [7, 11) is 0. The fraction of sp³-hybridized carbons (Fsp3) is 0.0317. The number of fused-ring (bicyclic) bond motifs is 9. The zero-order valence-electron chi connectivity index (χ0n) is 37.0. The number of halogens is 4. The maximum atomic E-state index is 12.0. The molecule has 0 aromatic heterocycles. The van der Waals surface area contributed by atoms with Crippen LogP contribution in [0.1, 0.15) is 54.9 Å². The summed E-state index contributed by atoms with van der Waals surface area (Å²) in [6.45, 7) is 0. The van der Waals surface area contributed by atoms with E-state index in [0.717, 1.165) is 68.0 Å². The van der Waals surface area contributed by atoms with E-state index in [0.29, 0.717) is 0 Å². The van der Waals surface area contributed by atoms with Gasteiger partial charge in [-0.05, 0) is 110 Å². The molecule has 1 unspecified atom stereocenters. The third-order valence-electron chi connectivity index (χ3n) is 13.0. The van der Waals surface area contributed by atoms with E-state index in [-0.39, 0.29) is 11.2 Å². The van der Waals surface area contributed by atoms with Gasteiger partial charge in [0.25, 0.3) is 0 Å². The van der Waals surface area contributed by atoms with Gasteiger partial charge in [0.15, 0.2) is 5.78 Å². The van der Waals surface area contributed by atoms with Crippen molar-refractivity contribution in [3.05, 3.63) is 317 Å². The highest BCUT2D eigenvalue weighted by Crippen LogP contribution is 2.56. The van der Waals surface area contributed by atoms with E-state index < -0.39 is 5.60 Å². The Labute approximate surface area is 436 Å². The molecule has 2 nitrogen and oxygen atoms in total. The van der Waals surface area contributed by atoms with Crippen LogP contribution in [0.4, 0.5) is 0 Å². The van der Waals surface area contributed by atoms with Crippen molar-refractivity contribution in [3.63, 3.8) is 0 Å². The van der Waals surface area contributed by atoms with Crippen LogP contribution in [0.25, 0.3) is 33.4 Å². The minimum atomic E-state index is -1.09. The molecule has 10 aromatic carbocycles. The Morgan fingerprint density at radius 1 is 0.275 bits per heavy atom. The highest BCUT2D eigenvalue weighted by atomic mass is 79.9. The van der Waals surface area contributed by atoms with Crippen LogP contribution >= 0.6 is 63.7 Å². The lowest BCUT2D eigenvalue weighted by molar-refractivity contribution is 0.104. The average molecular weight is 1150 g/mol. The molecule has 1 N–H and O–H groups in total. The molecular formula is C63H42Br4O2. The summed E-state index contributed by atoms with van der Waals surface area (Å²) in [6.07, 6.45) is 0. The molecule has 10 aromatic rings. The zero-order valence-corrected chi connectivity index (χ0v) is 43.4. The summed E-state index contributed by atoms with van der Waals surface area (Å²) in [6, 6.07) is 84.8. The highest BCUT2D eigenvalue weighted by Gasteiger charge is 2.46. The summed E-state index contributed by atoms with van der Waals surface area (Å²) in [4.78, 5) is 12.0. The molecule has 0 saturated carbocycles. The van der Waals surface area contributed by atoms with Gasteiger partial charge in [-0.2, -0.15) is 0 Å². The SMILES string of the molecule is Brc1ccc2c(c1)C(c1ccccc1)(c1ccccc1)c1ccccc1-2.Brc1ccccc1.O=C1c2ccccc2-c2ccc(Br)cc21.OC1(c2ccccc2)c2ccccc2-c2ccc(Br)cc21. The van der Waals surface area contributed by atoms with Gasteiger partial charge in [-0.3, -0.25) is 4.79 Å². The molecule has 13 rings (SSSR count).